The third-order valence-electron chi connectivity index (χ3n) is 3.18. The summed E-state index contributed by atoms with van der Waals surface area (Å²) in [6.07, 6.45) is 1.37. The molecule has 0 radical (unpaired) electrons. The second kappa shape index (κ2) is 9.89. The third-order valence-corrected chi connectivity index (χ3v) is 3.18. The van der Waals surface area contributed by atoms with Crippen LogP contribution in [-0.2, 0) is 4.79 Å². The third kappa shape index (κ3) is 6.67. The molecule has 0 bridgehead atoms. The lowest BCUT2D eigenvalue weighted by atomic mass is 10.2. The minimum atomic E-state index is 0.0492. The molecule has 0 fully saturated rings. The maximum Gasteiger partial charge on any atom is 0.221 e. The van der Waals surface area contributed by atoms with E-state index in [4.69, 9.17) is 9.47 Å². The van der Waals surface area contributed by atoms with Crippen LogP contribution in [0.25, 0.3) is 0 Å². The number of rotatable bonds is 10. The summed E-state index contributed by atoms with van der Waals surface area (Å²) in [5.74, 6) is 1.52. The van der Waals surface area contributed by atoms with E-state index < -0.39 is 0 Å². The number of ether oxygens (including phenoxy) is 2. The highest BCUT2D eigenvalue weighted by Crippen LogP contribution is 2.28. The maximum atomic E-state index is 11.7. The predicted octanol–water partition coefficient (Wildman–Crippen LogP) is 1.57. The van der Waals surface area contributed by atoms with Gasteiger partial charge < -0.3 is 25.0 Å². The lowest BCUT2D eigenvalue weighted by Crippen LogP contribution is -2.28. The molecule has 6 nitrogen and oxygen atoms in total. The van der Waals surface area contributed by atoms with Gasteiger partial charge in [-0.1, -0.05) is 0 Å². The Morgan fingerprint density at radius 3 is 2.59 bits per heavy atom. The number of nitrogens with one attached hydrogen (secondary N) is 2. The molecule has 0 aliphatic rings. The molecule has 1 aromatic carbocycles. The largest absolute Gasteiger partial charge is 0.497 e. The number of anilines is 1. The first kappa shape index (κ1) is 18.1. The number of benzene rings is 1. The fourth-order valence-electron chi connectivity index (χ4n) is 1.97. The molecule has 1 rings (SSSR count). The Hall–Kier alpha value is -1.95. The highest BCUT2D eigenvalue weighted by atomic mass is 16.5. The van der Waals surface area contributed by atoms with E-state index in [2.05, 4.69) is 15.5 Å². The Labute approximate surface area is 132 Å². The Morgan fingerprint density at radius 2 is 1.95 bits per heavy atom. The van der Waals surface area contributed by atoms with Crippen molar-refractivity contribution in [3.05, 3.63) is 18.2 Å². The summed E-state index contributed by atoms with van der Waals surface area (Å²) in [6, 6.07) is 5.53. The summed E-state index contributed by atoms with van der Waals surface area (Å²) < 4.78 is 10.5. The van der Waals surface area contributed by atoms with Crippen LogP contribution in [0.15, 0.2) is 18.2 Å². The summed E-state index contributed by atoms with van der Waals surface area (Å²) in [5, 5.41) is 6.12. The summed E-state index contributed by atoms with van der Waals surface area (Å²) >= 11 is 0. The molecule has 0 spiro atoms. The fraction of sp³-hybridized carbons (Fsp3) is 0.562. The summed E-state index contributed by atoms with van der Waals surface area (Å²) in [6.45, 7) is 2.22. The van der Waals surface area contributed by atoms with Gasteiger partial charge in [0.25, 0.3) is 0 Å². The van der Waals surface area contributed by atoms with Gasteiger partial charge in [0, 0.05) is 25.6 Å². The first-order chi connectivity index (χ1) is 10.6. The molecule has 1 amide bonds. The molecule has 0 unspecified atom stereocenters. The Bertz CT molecular complexity index is 464. The van der Waals surface area contributed by atoms with Crippen LogP contribution >= 0.6 is 0 Å². The molecule has 124 valence electrons. The second-order valence-electron chi connectivity index (χ2n) is 5.25. The first-order valence-corrected chi connectivity index (χ1v) is 7.44. The van der Waals surface area contributed by atoms with Crippen molar-refractivity contribution in [2.24, 2.45) is 0 Å². The standard InChI is InChI=1S/C16H27N3O3/c1-19(2)11-5-9-18-16(20)8-10-17-14-12-13(21-3)6-7-15(14)22-4/h6-7,12,17H,5,8-11H2,1-4H3,(H,18,20). The fourth-order valence-corrected chi connectivity index (χ4v) is 1.97. The molecule has 1 aromatic rings. The molecule has 2 N–H and O–H groups in total. The van der Waals surface area contributed by atoms with Gasteiger partial charge in [-0.2, -0.15) is 0 Å². The monoisotopic (exact) mass is 309 g/mol. The van der Waals surface area contributed by atoms with Crippen molar-refractivity contribution < 1.29 is 14.3 Å². The number of hydrogen-bond acceptors (Lipinski definition) is 5. The van der Waals surface area contributed by atoms with Crippen LogP contribution in [0.1, 0.15) is 12.8 Å². The maximum absolute atomic E-state index is 11.7. The lowest BCUT2D eigenvalue weighted by molar-refractivity contribution is -0.120. The molecule has 0 saturated heterocycles. The average Bonchev–Trinajstić information content (AvgIpc) is 2.51. The highest BCUT2D eigenvalue weighted by Gasteiger charge is 2.06. The molecule has 6 heteroatoms. The molecule has 0 aromatic heterocycles. The van der Waals surface area contributed by atoms with Crippen molar-refractivity contribution in [3.63, 3.8) is 0 Å². The predicted molar refractivity (Wildman–Crippen MR) is 88.8 cm³/mol. The Morgan fingerprint density at radius 1 is 1.18 bits per heavy atom. The van der Waals surface area contributed by atoms with E-state index in [-0.39, 0.29) is 5.91 Å². The van der Waals surface area contributed by atoms with E-state index in [0.717, 1.165) is 30.2 Å². The molecule has 0 aliphatic carbocycles. The van der Waals surface area contributed by atoms with E-state index in [9.17, 15) is 4.79 Å². The smallest absolute Gasteiger partial charge is 0.221 e. The highest BCUT2D eigenvalue weighted by molar-refractivity contribution is 5.76. The number of nitrogens with zero attached hydrogens (tertiary/aromatic N) is 1. The van der Waals surface area contributed by atoms with E-state index in [0.29, 0.717) is 19.5 Å². The van der Waals surface area contributed by atoms with Gasteiger partial charge in [0.15, 0.2) is 0 Å². The van der Waals surface area contributed by atoms with Gasteiger partial charge >= 0.3 is 0 Å². The van der Waals surface area contributed by atoms with Gasteiger partial charge in [-0.25, -0.2) is 0 Å². The Balaban J connectivity index is 2.32. The molecular weight excluding hydrogens is 282 g/mol. The molecule has 0 aliphatic heterocycles. The van der Waals surface area contributed by atoms with Crippen LogP contribution in [-0.4, -0.2) is 58.8 Å². The van der Waals surface area contributed by atoms with E-state index >= 15 is 0 Å². The van der Waals surface area contributed by atoms with Crippen LogP contribution in [0.5, 0.6) is 11.5 Å². The van der Waals surface area contributed by atoms with Gasteiger partial charge in [0.05, 0.1) is 19.9 Å². The van der Waals surface area contributed by atoms with Crippen LogP contribution in [0, 0.1) is 0 Å². The minimum absolute atomic E-state index is 0.0492. The van der Waals surface area contributed by atoms with Crippen molar-refractivity contribution in [1.29, 1.82) is 0 Å². The molecular formula is C16H27N3O3. The number of carbonyl (C=O) groups excluding carboxylic acids is 1. The zero-order valence-corrected chi connectivity index (χ0v) is 13.9. The number of amides is 1. The number of carbonyl (C=O) groups is 1. The van der Waals surface area contributed by atoms with Gasteiger partial charge in [-0.15, -0.1) is 0 Å². The van der Waals surface area contributed by atoms with E-state index in [1.165, 1.54) is 0 Å². The SMILES string of the molecule is COc1ccc(OC)c(NCCC(=O)NCCCN(C)C)c1. The van der Waals surface area contributed by atoms with Gasteiger partial charge in [0.1, 0.15) is 11.5 Å². The molecule has 0 heterocycles. The van der Waals surface area contributed by atoms with Crippen molar-refractivity contribution in [2.45, 2.75) is 12.8 Å². The van der Waals surface area contributed by atoms with Crippen LogP contribution < -0.4 is 20.1 Å². The van der Waals surface area contributed by atoms with E-state index in [1.807, 2.05) is 32.3 Å². The first-order valence-electron chi connectivity index (χ1n) is 7.44. The van der Waals surface area contributed by atoms with Crippen molar-refractivity contribution in [2.75, 3.05) is 53.3 Å². The number of methoxy groups -OCH3 is 2. The summed E-state index contributed by atoms with van der Waals surface area (Å²) in [5.41, 5.74) is 0.822. The normalized spacial score (nSPS) is 10.4. The van der Waals surface area contributed by atoms with Crippen molar-refractivity contribution in [1.82, 2.24) is 10.2 Å². The second-order valence-corrected chi connectivity index (χ2v) is 5.25. The molecule has 0 saturated carbocycles. The molecule has 22 heavy (non-hydrogen) atoms. The summed E-state index contributed by atoms with van der Waals surface area (Å²) in [7, 11) is 7.28. The Kier molecular flexibility index (Phi) is 8.14. The average molecular weight is 309 g/mol. The van der Waals surface area contributed by atoms with Gasteiger partial charge in [-0.3, -0.25) is 4.79 Å². The van der Waals surface area contributed by atoms with Crippen LogP contribution in [0.2, 0.25) is 0 Å². The van der Waals surface area contributed by atoms with Crippen LogP contribution in [0.4, 0.5) is 5.69 Å². The topological polar surface area (TPSA) is 62.8 Å². The zero-order valence-electron chi connectivity index (χ0n) is 13.9. The van der Waals surface area contributed by atoms with Crippen molar-refractivity contribution in [3.8, 4) is 11.5 Å². The van der Waals surface area contributed by atoms with Gasteiger partial charge in [0.2, 0.25) is 5.91 Å². The van der Waals surface area contributed by atoms with Crippen LogP contribution in [0.3, 0.4) is 0 Å². The molecule has 0 atom stereocenters. The zero-order chi connectivity index (χ0) is 16.4. The minimum Gasteiger partial charge on any atom is -0.497 e. The van der Waals surface area contributed by atoms with Gasteiger partial charge in [-0.05, 0) is 39.2 Å². The lowest BCUT2D eigenvalue weighted by Gasteiger charge is -2.13. The number of hydrogen-bond donors (Lipinski definition) is 2. The van der Waals surface area contributed by atoms with Crippen molar-refractivity contribution >= 4 is 11.6 Å². The van der Waals surface area contributed by atoms with E-state index in [1.54, 1.807) is 14.2 Å². The quantitative estimate of drug-likeness (QED) is 0.643. The summed E-state index contributed by atoms with van der Waals surface area (Å²) in [4.78, 5) is 13.8.